The number of hydrogen-bond donors (Lipinski definition) is 0. The van der Waals surface area contributed by atoms with Crippen LogP contribution in [-0.2, 0) is 6.54 Å². The average Bonchev–Trinajstić information content (AvgIpc) is 3.54. The fourth-order valence-corrected chi connectivity index (χ4v) is 5.11. The van der Waals surface area contributed by atoms with Crippen LogP contribution in [0.1, 0.15) is 22.3 Å². The summed E-state index contributed by atoms with van der Waals surface area (Å²) in [5, 5.41) is 15.1. The molecule has 8 heteroatoms. The number of anilines is 2. The molecule has 3 heterocycles. The lowest BCUT2D eigenvalue weighted by Crippen LogP contribution is -2.48. The summed E-state index contributed by atoms with van der Waals surface area (Å²) in [4.78, 5) is 8.34. The molecule has 1 aliphatic heterocycles. The first-order chi connectivity index (χ1) is 16.2. The smallest absolute Gasteiger partial charge is 0.173 e. The highest BCUT2D eigenvalue weighted by Crippen LogP contribution is 2.30. The van der Waals surface area contributed by atoms with E-state index < -0.39 is 0 Å². The summed E-state index contributed by atoms with van der Waals surface area (Å²) in [6, 6.07) is 23.7. The minimum Gasteiger partial charge on any atom is -0.378 e. The normalized spacial score (nSPS) is 15.5. The SMILES string of the molecule is CN(C)c1ccc([C@H](c2nnnn2Cc2cccs2)N2CCN(c3ccccc3)CC2)cc1. The molecule has 5 rings (SSSR count). The Hall–Kier alpha value is -3.23. The zero-order valence-corrected chi connectivity index (χ0v) is 19.9. The van der Waals surface area contributed by atoms with Crippen molar-refractivity contribution in [2.24, 2.45) is 0 Å². The van der Waals surface area contributed by atoms with E-state index >= 15 is 0 Å². The number of tetrazole rings is 1. The van der Waals surface area contributed by atoms with Gasteiger partial charge < -0.3 is 9.80 Å². The fourth-order valence-electron chi connectivity index (χ4n) is 4.43. The summed E-state index contributed by atoms with van der Waals surface area (Å²) in [5.41, 5.74) is 3.69. The summed E-state index contributed by atoms with van der Waals surface area (Å²) >= 11 is 1.73. The van der Waals surface area contributed by atoms with Crippen molar-refractivity contribution in [3.05, 3.63) is 88.4 Å². The van der Waals surface area contributed by atoms with Crippen LogP contribution in [0.4, 0.5) is 11.4 Å². The molecule has 2 aromatic carbocycles. The molecule has 0 aliphatic carbocycles. The molecule has 33 heavy (non-hydrogen) atoms. The average molecular weight is 460 g/mol. The van der Waals surface area contributed by atoms with E-state index in [1.54, 1.807) is 11.3 Å². The van der Waals surface area contributed by atoms with Gasteiger partial charge in [0.05, 0.1) is 12.6 Å². The largest absolute Gasteiger partial charge is 0.378 e. The maximum atomic E-state index is 4.52. The summed E-state index contributed by atoms with van der Waals surface area (Å²) in [5.74, 6) is 0.897. The Morgan fingerprint density at radius 2 is 1.67 bits per heavy atom. The monoisotopic (exact) mass is 459 g/mol. The molecule has 4 aromatic rings. The van der Waals surface area contributed by atoms with Crippen molar-refractivity contribution in [2.45, 2.75) is 12.6 Å². The predicted molar refractivity (Wildman–Crippen MR) is 134 cm³/mol. The zero-order chi connectivity index (χ0) is 22.6. The number of thiophene rings is 1. The zero-order valence-electron chi connectivity index (χ0n) is 19.1. The van der Waals surface area contributed by atoms with Crippen molar-refractivity contribution < 1.29 is 0 Å². The molecule has 0 unspecified atom stereocenters. The van der Waals surface area contributed by atoms with Crippen LogP contribution in [0.15, 0.2) is 72.1 Å². The molecule has 1 saturated heterocycles. The van der Waals surface area contributed by atoms with Crippen LogP contribution in [0.2, 0.25) is 0 Å². The van der Waals surface area contributed by atoms with Crippen LogP contribution in [0.5, 0.6) is 0 Å². The van der Waals surface area contributed by atoms with E-state index in [4.69, 9.17) is 0 Å². The van der Waals surface area contributed by atoms with Crippen molar-refractivity contribution in [1.29, 1.82) is 0 Å². The molecule has 0 N–H and O–H groups in total. The van der Waals surface area contributed by atoms with E-state index in [1.807, 2.05) is 4.68 Å². The standard InChI is InChI=1S/C25H29N7S/c1-29(2)21-12-10-20(11-13-21)24(25-26-27-28-32(25)19-23-9-6-18-33-23)31-16-14-30(15-17-31)22-7-4-3-5-8-22/h3-13,18,24H,14-17,19H2,1-2H3/t24-/m1/s1. The first-order valence-electron chi connectivity index (χ1n) is 11.3. The third-order valence-corrected chi connectivity index (χ3v) is 7.08. The second kappa shape index (κ2) is 9.72. The molecule has 0 amide bonds. The van der Waals surface area contributed by atoms with Crippen LogP contribution >= 0.6 is 11.3 Å². The van der Waals surface area contributed by atoms with E-state index in [-0.39, 0.29) is 6.04 Å². The lowest BCUT2D eigenvalue weighted by atomic mass is 10.0. The van der Waals surface area contributed by atoms with Crippen LogP contribution < -0.4 is 9.80 Å². The minimum atomic E-state index is 0.00842. The third kappa shape index (κ3) is 4.77. The van der Waals surface area contributed by atoms with Gasteiger partial charge in [-0.15, -0.1) is 16.4 Å². The Kier molecular flexibility index (Phi) is 6.37. The molecular formula is C25H29N7S. The van der Waals surface area contributed by atoms with Gasteiger partial charge in [0.15, 0.2) is 5.82 Å². The molecule has 7 nitrogen and oxygen atoms in total. The number of aromatic nitrogens is 4. The summed E-state index contributed by atoms with van der Waals surface area (Å²) in [6.07, 6.45) is 0. The molecule has 0 radical (unpaired) electrons. The minimum absolute atomic E-state index is 0.00842. The van der Waals surface area contributed by atoms with E-state index in [2.05, 4.69) is 116 Å². The lowest BCUT2D eigenvalue weighted by molar-refractivity contribution is 0.201. The van der Waals surface area contributed by atoms with E-state index in [0.717, 1.165) is 32.0 Å². The van der Waals surface area contributed by atoms with Crippen molar-refractivity contribution in [3.8, 4) is 0 Å². The molecule has 0 saturated carbocycles. The molecule has 1 aliphatic rings. The molecule has 0 spiro atoms. The van der Waals surface area contributed by atoms with Gasteiger partial charge >= 0.3 is 0 Å². The predicted octanol–water partition coefficient (Wildman–Crippen LogP) is 3.76. The summed E-state index contributed by atoms with van der Waals surface area (Å²) in [6.45, 7) is 4.53. The van der Waals surface area contributed by atoms with Gasteiger partial charge in [-0.3, -0.25) is 4.90 Å². The summed E-state index contributed by atoms with van der Waals surface area (Å²) in [7, 11) is 4.13. The van der Waals surface area contributed by atoms with Crippen LogP contribution in [-0.4, -0.2) is 65.4 Å². The van der Waals surface area contributed by atoms with E-state index in [0.29, 0.717) is 6.54 Å². The maximum Gasteiger partial charge on any atom is 0.173 e. The number of rotatable bonds is 7. The second-order valence-electron chi connectivity index (χ2n) is 8.52. The highest BCUT2D eigenvalue weighted by molar-refractivity contribution is 7.09. The van der Waals surface area contributed by atoms with Gasteiger partial charge in [0, 0.05) is 56.5 Å². The van der Waals surface area contributed by atoms with Gasteiger partial charge in [-0.1, -0.05) is 36.4 Å². The number of hydrogen-bond acceptors (Lipinski definition) is 7. The highest BCUT2D eigenvalue weighted by atomic mass is 32.1. The molecule has 1 fully saturated rings. The topological polar surface area (TPSA) is 53.3 Å². The van der Waals surface area contributed by atoms with E-state index in [1.165, 1.54) is 21.8 Å². The highest BCUT2D eigenvalue weighted by Gasteiger charge is 2.31. The van der Waals surface area contributed by atoms with Gasteiger partial charge in [0.2, 0.25) is 0 Å². The Morgan fingerprint density at radius 3 is 2.33 bits per heavy atom. The molecule has 1 atom stereocenters. The van der Waals surface area contributed by atoms with Crippen molar-refractivity contribution in [2.75, 3.05) is 50.1 Å². The quantitative estimate of drug-likeness (QED) is 0.420. The first-order valence-corrected chi connectivity index (χ1v) is 12.2. The van der Waals surface area contributed by atoms with Crippen molar-refractivity contribution in [1.82, 2.24) is 25.1 Å². The van der Waals surface area contributed by atoms with Crippen molar-refractivity contribution in [3.63, 3.8) is 0 Å². The Balaban J connectivity index is 1.43. The Morgan fingerprint density at radius 1 is 0.909 bits per heavy atom. The van der Waals surface area contributed by atoms with Crippen LogP contribution in [0.25, 0.3) is 0 Å². The van der Waals surface area contributed by atoms with Crippen molar-refractivity contribution >= 4 is 22.7 Å². The van der Waals surface area contributed by atoms with Gasteiger partial charge in [-0.2, -0.15) is 0 Å². The molecule has 0 bridgehead atoms. The number of nitrogens with zero attached hydrogens (tertiary/aromatic N) is 7. The third-order valence-electron chi connectivity index (χ3n) is 6.22. The van der Waals surface area contributed by atoms with Gasteiger partial charge in [0.1, 0.15) is 0 Å². The summed E-state index contributed by atoms with van der Waals surface area (Å²) < 4.78 is 1.96. The number of benzene rings is 2. The maximum absolute atomic E-state index is 4.52. The van der Waals surface area contributed by atoms with E-state index in [9.17, 15) is 0 Å². The van der Waals surface area contributed by atoms with Gasteiger partial charge in [-0.05, 0) is 51.7 Å². The Bertz CT molecular complexity index is 1130. The lowest BCUT2D eigenvalue weighted by Gasteiger charge is -2.40. The van der Waals surface area contributed by atoms with Crippen LogP contribution in [0.3, 0.4) is 0 Å². The molecular weight excluding hydrogens is 430 g/mol. The van der Waals surface area contributed by atoms with Crippen LogP contribution in [0, 0.1) is 0 Å². The fraction of sp³-hybridized carbons (Fsp3) is 0.320. The first kappa shape index (κ1) is 21.6. The molecule has 2 aromatic heterocycles. The molecule has 170 valence electrons. The van der Waals surface area contributed by atoms with Gasteiger partial charge in [-0.25, -0.2) is 4.68 Å². The second-order valence-corrected chi connectivity index (χ2v) is 9.55. The number of para-hydroxylation sites is 1. The van der Waals surface area contributed by atoms with Gasteiger partial charge in [0.25, 0.3) is 0 Å². The number of piperazine rings is 1. The Labute approximate surface area is 198 Å².